The summed E-state index contributed by atoms with van der Waals surface area (Å²) in [7, 11) is 0. The summed E-state index contributed by atoms with van der Waals surface area (Å²) in [5.41, 5.74) is -0.850. The van der Waals surface area contributed by atoms with E-state index in [1.54, 1.807) is 23.2 Å². The van der Waals surface area contributed by atoms with E-state index in [2.05, 4.69) is 23.2 Å². The van der Waals surface area contributed by atoms with E-state index in [1.165, 1.54) is 6.33 Å². The molecule has 0 atom stereocenters. The predicted octanol–water partition coefficient (Wildman–Crippen LogP) is 1.16. The van der Waals surface area contributed by atoms with E-state index in [-0.39, 0.29) is 0 Å². The van der Waals surface area contributed by atoms with Crippen LogP contribution in [0.15, 0.2) is 38.0 Å². The first-order chi connectivity index (χ1) is 6.70. The van der Waals surface area contributed by atoms with Crippen LogP contribution in [0, 0.1) is 0 Å². The van der Waals surface area contributed by atoms with Crippen molar-refractivity contribution in [2.75, 3.05) is 0 Å². The van der Waals surface area contributed by atoms with Crippen LogP contribution in [0.5, 0.6) is 0 Å². The molecule has 1 heterocycles. The van der Waals surface area contributed by atoms with Crippen molar-refractivity contribution < 1.29 is 5.11 Å². The maximum atomic E-state index is 10.2. The summed E-state index contributed by atoms with van der Waals surface area (Å²) in [6.45, 7) is 7.64. The van der Waals surface area contributed by atoms with Gasteiger partial charge in [-0.3, -0.25) is 4.68 Å². The van der Waals surface area contributed by atoms with Crippen molar-refractivity contribution in [2.24, 2.45) is 0 Å². The van der Waals surface area contributed by atoms with Gasteiger partial charge in [-0.05, 0) is 12.8 Å². The Hall–Kier alpha value is -1.42. The molecule has 0 saturated carbocycles. The highest BCUT2D eigenvalue weighted by Gasteiger charge is 2.24. The van der Waals surface area contributed by atoms with E-state index in [0.717, 1.165) is 0 Å². The molecule has 76 valence electrons. The molecule has 0 aliphatic carbocycles. The second-order valence-corrected chi connectivity index (χ2v) is 3.30. The molecule has 4 heteroatoms. The first-order valence-corrected chi connectivity index (χ1v) is 4.47. The minimum atomic E-state index is -0.850. The summed E-state index contributed by atoms with van der Waals surface area (Å²) in [5.74, 6) is 0. The first kappa shape index (κ1) is 10.7. The molecule has 0 aliphatic rings. The van der Waals surface area contributed by atoms with Gasteiger partial charge in [-0.2, -0.15) is 5.10 Å². The Labute approximate surface area is 83.6 Å². The van der Waals surface area contributed by atoms with Crippen molar-refractivity contribution in [1.29, 1.82) is 0 Å². The molecule has 0 saturated heterocycles. The van der Waals surface area contributed by atoms with Crippen LogP contribution in [0.4, 0.5) is 0 Å². The fourth-order valence-electron chi connectivity index (χ4n) is 1.37. The van der Waals surface area contributed by atoms with Crippen LogP contribution in [0.1, 0.15) is 12.8 Å². The molecule has 0 amide bonds. The fraction of sp³-hybridized carbons (Fsp3) is 0.400. The van der Waals surface area contributed by atoms with Gasteiger partial charge in [-0.1, -0.05) is 12.2 Å². The molecule has 0 spiro atoms. The van der Waals surface area contributed by atoms with E-state index in [4.69, 9.17) is 0 Å². The largest absolute Gasteiger partial charge is 0.387 e. The Morgan fingerprint density at radius 3 is 2.43 bits per heavy atom. The summed E-state index contributed by atoms with van der Waals surface area (Å²) >= 11 is 0. The molecule has 0 aromatic carbocycles. The molecular weight excluding hydrogens is 178 g/mol. The highest BCUT2D eigenvalue weighted by molar-refractivity contribution is 4.91. The van der Waals surface area contributed by atoms with Crippen molar-refractivity contribution in [3.05, 3.63) is 38.0 Å². The highest BCUT2D eigenvalue weighted by atomic mass is 16.3. The zero-order chi connectivity index (χ0) is 10.4. The van der Waals surface area contributed by atoms with Crippen LogP contribution in [0.25, 0.3) is 0 Å². The second-order valence-electron chi connectivity index (χ2n) is 3.30. The van der Waals surface area contributed by atoms with Gasteiger partial charge < -0.3 is 5.11 Å². The maximum Gasteiger partial charge on any atom is 0.137 e. The van der Waals surface area contributed by atoms with E-state index < -0.39 is 5.60 Å². The molecule has 0 fully saturated rings. The van der Waals surface area contributed by atoms with Crippen LogP contribution in [0.3, 0.4) is 0 Å². The lowest BCUT2D eigenvalue weighted by atomic mass is 9.96. The number of rotatable bonds is 6. The third-order valence-corrected chi connectivity index (χ3v) is 1.97. The normalized spacial score (nSPS) is 11.2. The molecule has 0 bridgehead atoms. The summed E-state index contributed by atoms with van der Waals surface area (Å²) in [6, 6.07) is 0. The van der Waals surface area contributed by atoms with Gasteiger partial charge in [0.25, 0.3) is 0 Å². The quantitative estimate of drug-likeness (QED) is 0.690. The smallest absolute Gasteiger partial charge is 0.137 e. The van der Waals surface area contributed by atoms with Crippen LogP contribution < -0.4 is 0 Å². The summed E-state index contributed by atoms with van der Waals surface area (Å²) in [6.07, 6.45) is 7.44. The SMILES string of the molecule is C=CCC(O)(CC=C)Cn1cncn1. The number of aliphatic hydroxyl groups is 1. The van der Waals surface area contributed by atoms with Crippen molar-refractivity contribution in [3.63, 3.8) is 0 Å². The Bertz CT molecular complexity index is 282. The Kier molecular flexibility index (Phi) is 3.59. The monoisotopic (exact) mass is 193 g/mol. The predicted molar refractivity (Wildman–Crippen MR) is 54.6 cm³/mol. The molecule has 0 unspecified atom stereocenters. The van der Waals surface area contributed by atoms with Crippen LogP contribution in [-0.2, 0) is 6.54 Å². The number of hydrogen-bond donors (Lipinski definition) is 1. The maximum absolute atomic E-state index is 10.2. The molecule has 1 aromatic rings. The Balaban J connectivity index is 2.67. The zero-order valence-electron chi connectivity index (χ0n) is 8.13. The molecule has 1 aromatic heterocycles. The van der Waals surface area contributed by atoms with E-state index in [1.807, 2.05) is 0 Å². The lowest BCUT2D eigenvalue weighted by molar-refractivity contribution is 0.0251. The Morgan fingerprint density at radius 1 is 1.36 bits per heavy atom. The molecular formula is C10H15N3O. The van der Waals surface area contributed by atoms with Gasteiger partial charge >= 0.3 is 0 Å². The van der Waals surface area contributed by atoms with E-state index in [0.29, 0.717) is 19.4 Å². The standard InChI is InChI=1S/C10H15N3O/c1-3-5-10(14,6-4-2)7-13-9-11-8-12-13/h3-4,8-9,14H,1-2,5-7H2. The van der Waals surface area contributed by atoms with Crippen molar-refractivity contribution in [1.82, 2.24) is 14.8 Å². The number of aromatic nitrogens is 3. The second kappa shape index (κ2) is 4.72. The lowest BCUT2D eigenvalue weighted by Gasteiger charge is -2.25. The Morgan fingerprint density at radius 2 is 2.00 bits per heavy atom. The zero-order valence-corrected chi connectivity index (χ0v) is 8.13. The minimum absolute atomic E-state index is 0.408. The average Bonchev–Trinajstić information content (AvgIpc) is 2.57. The molecule has 14 heavy (non-hydrogen) atoms. The van der Waals surface area contributed by atoms with Gasteiger partial charge in [0.05, 0.1) is 12.1 Å². The van der Waals surface area contributed by atoms with E-state index in [9.17, 15) is 5.11 Å². The third-order valence-electron chi connectivity index (χ3n) is 1.97. The van der Waals surface area contributed by atoms with Crippen LogP contribution >= 0.6 is 0 Å². The van der Waals surface area contributed by atoms with Gasteiger partial charge in [-0.25, -0.2) is 4.98 Å². The molecule has 0 radical (unpaired) electrons. The molecule has 0 aliphatic heterocycles. The summed E-state index contributed by atoms with van der Waals surface area (Å²) < 4.78 is 1.60. The summed E-state index contributed by atoms with van der Waals surface area (Å²) in [4.78, 5) is 3.82. The van der Waals surface area contributed by atoms with Crippen LogP contribution in [0.2, 0.25) is 0 Å². The fourth-order valence-corrected chi connectivity index (χ4v) is 1.37. The lowest BCUT2D eigenvalue weighted by Crippen LogP contribution is -2.33. The van der Waals surface area contributed by atoms with Gasteiger partial charge in [0, 0.05) is 0 Å². The number of hydrogen-bond acceptors (Lipinski definition) is 3. The number of nitrogens with zero attached hydrogens (tertiary/aromatic N) is 3. The van der Waals surface area contributed by atoms with Gasteiger partial charge in [0.1, 0.15) is 12.7 Å². The molecule has 4 nitrogen and oxygen atoms in total. The van der Waals surface area contributed by atoms with Crippen molar-refractivity contribution in [3.8, 4) is 0 Å². The van der Waals surface area contributed by atoms with Gasteiger partial charge in [-0.15, -0.1) is 13.2 Å². The van der Waals surface area contributed by atoms with Crippen molar-refractivity contribution in [2.45, 2.75) is 25.0 Å². The third kappa shape index (κ3) is 2.81. The topological polar surface area (TPSA) is 50.9 Å². The molecule has 1 N–H and O–H groups in total. The first-order valence-electron chi connectivity index (χ1n) is 4.47. The van der Waals surface area contributed by atoms with Gasteiger partial charge in [0.15, 0.2) is 0 Å². The summed E-state index contributed by atoms with van der Waals surface area (Å²) in [5, 5.41) is 14.1. The highest BCUT2D eigenvalue weighted by Crippen LogP contribution is 2.18. The van der Waals surface area contributed by atoms with E-state index >= 15 is 0 Å². The van der Waals surface area contributed by atoms with Crippen LogP contribution in [-0.4, -0.2) is 25.5 Å². The molecule has 1 rings (SSSR count). The van der Waals surface area contributed by atoms with Crippen molar-refractivity contribution >= 4 is 0 Å². The minimum Gasteiger partial charge on any atom is -0.387 e. The van der Waals surface area contributed by atoms with Gasteiger partial charge in [0.2, 0.25) is 0 Å². The average molecular weight is 193 g/mol.